The molecular formula is C14H20N2O4S. The van der Waals surface area contributed by atoms with Gasteiger partial charge in [0.2, 0.25) is 0 Å². The first kappa shape index (κ1) is 15.8. The smallest absolute Gasteiger partial charge is 0.338 e. The van der Waals surface area contributed by atoms with Gasteiger partial charge >= 0.3 is 12.0 Å². The van der Waals surface area contributed by atoms with Crippen molar-refractivity contribution in [3.8, 4) is 0 Å². The highest BCUT2D eigenvalue weighted by atomic mass is 32.1. The van der Waals surface area contributed by atoms with Crippen LogP contribution in [-0.4, -0.2) is 36.4 Å². The van der Waals surface area contributed by atoms with E-state index in [1.807, 2.05) is 6.92 Å². The second-order valence-corrected chi connectivity index (χ2v) is 6.32. The van der Waals surface area contributed by atoms with E-state index < -0.39 is 5.97 Å². The van der Waals surface area contributed by atoms with Crippen LogP contribution in [-0.2, 0) is 4.74 Å². The number of urea groups is 1. The lowest BCUT2D eigenvalue weighted by Gasteiger charge is -2.10. The van der Waals surface area contributed by atoms with E-state index in [-0.39, 0.29) is 17.7 Å². The number of nitrogens with one attached hydrogen (secondary N) is 2. The predicted octanol–water partition coefficient (Wildman–Crippen LogP) is 2.75. The minimum Gasteiger partial charge on any atom is -0.478 e. The van der Waals surface area contributed by atoms with Gasteiger partial charge in [0.15, 0.2) is 0 Å². The number of carboxylic acid groups (broad SMARTS) is 1. The first-order chi connectivity index (χ1) is 9.99. The van der Waals surface area contributed by atoms with Gasteiger partial charge in [-0.15, -0.1) is 11.3 Å². The van der Waals surface area contributed by atoms with Crippen LogP contribution in [0.1, 0.15) is 40.1 Å². The lowest BCUT2D eigenvalue weighted by Crippen LogP contribution is -2.31. The molecule has 21 heavy (non-hydrogen) atoms. The van der Waals surface area contributed by atoms with Crippen LogP contribution in [0.2, 0.25) is 0 Å². The molecule has 116 valence electrons. The van der Waals surface area contributed by atoms with Gasteiger partial charge in [-0.2, -0.15) is 0 Å². The summed E-state index contributed by atoms with van der Waals surface area (Å²) in [6.07, 6.45) is 3.12. The zero-order chi connectivity index (χ0) is 15.4. The van der Waals surface area contributed by atoms with E-state index in [0.717, 1.165) is 30.7 Å². The van der Waals surface area contributed by atoms with Gasteiger partial charge in [0, 0.05) is 18.0 Å². The molecule has 0 bridgehead atoms. The number of carbonyl (C=O) groups is 2. The summed E-state index contributed by atoms with van der Waals surface area (Å²) in [6.45, 7) is 4.90. The van der Waals surface area contributed by atoms with E-state index in [0.29, 0.717) is 17.1 Å². The molecule has 0 saturated carbocycles. The zero-order valence-electron chi connectivity index (χ0n) is 12.2. The van der Waals surface area contributed by atoms with Gasteiger partial charge in [0.1, 0.15) is 5.00 Å². The Hall–Kier alpha value is -1.60. The molecule has 1 aliphatic heterocycles. The largest absolute Gasteiger partial charge is 0.478 e. The van der Waals surface area contributed by atoms with Crippen LogP contribution < -0.4 is 10.6 Å². The number of anilines is 1. The highest BCUT2D eigenvalue weighted by molar-refractivity contribution is 7.16. The summed E-state index contributed by atoms with van der Waals surface area (Å²) in [5.41, 5.74) is 0.869. The minimum atomic E-state index is -1.02. The number of hydrogen-bond acceptors (Lipinski definition) is 4. The molecule has 1 atom stereocenters. The molecule has 1 aromatic rings. The molecule has 0 radical (unpaired) electrons. The molecule has 0 aromatic carbocycles. The first-order valence-electron chi connectivity index (χ1n) is 6.98. The summed E-state index contributed by atoms with van der Waals surface area (Å²) in [7, 11) is 0. The number of thiophene rings is 1. The molecule has 0 spiro atoms. The Balaban J connectivity index is 1.87. The van der Waals surface area contributed by atoms with E-state index in [9.17, 15) is 14.7 Å². The Labute approximate surface area is 127 Å². The van der Waals surface area contributed by atoms with Gasteiger partial charge in [-0.05, 0) is 38.7 Å². The Morgan fingerprint density at radius 2 is 2.19 bits per heavy atom. The van der Waals surface area contributed by atoms with Crippen LogP contribution in [0.15, 0.2) is 0 Å². The summed E-state index contributed by atoms with van der Waals surface area (Å²) >= 11 is 1.28. The summed E-state index contributed by atoms with van der Waals surface area (Å²) in [5.74, 6) is -1.02. The van der Waals surface area contributed by atoms with Crippen molar-refractivity contribution in [2.24, 2.45) is 0 Å². The molecule has 3 N–H and O–H groups in total. The molecule has 2 heterocycles. The van der Waals surface area contributed by atoms with E-state index in [1.165, 1.54) is 11.3 Å². The molecule has 0 aliphatic carbocycles. The molecule has 1 fully saturated rings. The van der Waals surface area contributed by atoms with Gasteiger partial charge in [0.05, 0.1) is 11.7 Å². The number of aryl methyl sites for hydroxylation is 1. The third kappa shape index (κ3) is 3.95. The molecular weight excluding hydrogens is 292 g/mol. The topological polar surface area (TPSA) is 87.7 Å². The molecule has 6 nitrogen and oxygen atoms in total. The van der Waals surface area contributed by atoms with Crippen molar-refractivity contribution in [2.45, 2.75) is 39.2 Å². The predicted molar refractivity (Wildman–Crippen MR) is 81.4 cm³/mol. The van der Waals surface area contributed by atoms with E-state index in [2.05, 4.69) is 10.6 Å². The molecule has 1 saturated heterocycles. The molecule has 7 heteroatoms. The third-order valence-corrected chi connectivity index (χ3v) is 4.72. The fourth-order valence-corrected chi connectivity index (χ4v) is 3.39. The highest BCUT2D eigenvalue weighted by Crippen LogP contribution is 2.32. The number of hydrogen-bond donors (Lipinski definition) is 3. The fraction of sp³-hybridized carbons (Fsp3) is 0.571. The Bertz CT molecular complexity index is 535. The van der Waals surface area contributed by atoms with E-state index in [4.69, 9.17) is 4.74 Å². The molecule has 1 aromatic heterocycles. The maximum absolute atomic E-state index is 11.8. The Morgan fingerprint density at radius 1 is 1.43 bits per heavy atom. The average Bonchev–Trinajstić information content (AvgIpc) is 2.99. The van der Waals surface area contributed by atoms with Crippen molar-refractivity contribution in [3.63, 3.8) is 0 Å². The van der Waals surface area contributed by atoms with Crippen molar-refractivity contribution in [1.82, 2.24) is 5.32 Å². The zero-order valence-corrected chi connectivity index (χ0v) is 13.0. The van der Waals surface area contributed by atoms with Gasteiger partial charge in [0.25, 0.3) is 0 Å². The van der Waals surface area contributed by atoms with E-state index >= 15 is 0 Å². The number of amides is 2. The van der Waals surface area contributed by atoms with Crippen molar-refractivity contribution in [2.75, 3.05) is 18.5 Å². The van der Waals surface area contributed by atoms with Crippen LogP contribution >= 0.6 is 11.3 Å². The lowest BCUT2D eigenvalue weighted by atomic mass is 10.1. The van der Waals surface area contributed by atoms with Crippen molar-refractivity contribution < 1.29 is 19.4 Å². The quantitative estimate of drug-likeness (QED) is 0.780. The monoisotopic (exact) mass is 312 g/mol. The van der Waals surface area contributed by atoms with Gasteiger partial charge < -0.3 is 15.2 Å². The fourth-order valence-electron chi connectivity index (χ4n) is 2.34. The van der Waals surface area contributed by atoms with E-state index in [1.54, 1.807) is 6.92 Å². The second-order valence-electron chi connectivity index (χ2n) is 5.10. The van der Waals surface area contributed by atoms with Crippen LogP contribution in [0, 0.1) is 13.8 Å². The second kappa shape index (κ2) is 6.91. The molecule has 1 unspecified atom stereocenters. The molecule has 2 amide bonds. The highest BCUT2D eigenvalue weighted by Gasteiger charge is 2.20. The number of carbonyl (C=O) groups excluding carboxylic acids is 1. The van der Waals surface area contributed by atoms with Crippen molar-refractivity contribution in [3.05, 3.63) is 16.0 Å². The maximum Gasteiger partial charge on any atom is 0.338 e. The standard InChI is InChI=1S/C14H20N2O4S/c1-8-9(2)21-12(11(8)13(17)18)16-14(19)15-6-5-10-4-3-7-20-10/h10H,3-7H2,1-2H3,(H,17,18)(H2,15,16,19). The van der Waals surface area contributed by atoms with Crippen molar-refractivity contribution >= 4 is 28.3 Å². The number of carboxylic acids is 1. The summed E-state index contributed by atoms with van der Waals surface area (Å²) in [5, 5.41) is 15.0. The van der Waals surface area contributed by atoms with Crippen LogP contribution in [0.25, 0.3) is 0 Å². The average molecular weight is 312 g/mol. The van der Waals surface area contributed by atoms with Crippen LogP contribution in [0.4, 0.5) is 9.80 Å². The molecule has 1 aliphatic rings. The summed E-state index contributed by atoms with van der Waals surface area (Å²) in [4.78, 5) is 24.0. The van der Waals surface area contributed by atoms with Crippen molar-refractivity contribution in [1.29, 1.82) is 0 Å². The van der Waals surface area contributed by atoms with Crippen LogP contribution in [0.5, 0.6) is 0 Å². The number of aromatic carboxylic acids is 1. The Kier molecular flexibility index (Phi) is 5.19. The summed E-state index contributed by atoms with van der Waals surface area (Å²) in [6, 6.07) is -0.378. The number of rotatable bonds is 5. The minimum absolute atomic E-state index is 0.173. The van der Waals surface area contributed by atoms with Gasteiger partial charge in [-0.3, -0.25) is 5.32 Å². The van der Waals surface area contributed by atoms with Gasteiger partial charge in [-0.25, -0.2) is 9.59 Å². The number of ether oxygens (including phenoxy) is 1. The summed E-state index contributed by atoms with van der Waals surface area (Å²) < 4.78 is 5.48. The maximum atomic E-state index is 11.8. The lowest BCUT2D eigenvalue weighted by molar-refractivity contribution is 0.0697. The molecule has 2 rings (SSSR count). The van der Waals surface area contributed by atoms with Crippen LogP contribution in [0.3, 0.4) is 0 Å². The first-order valence-corrected chi connectivity index (χ1v) is 7.80. The Morgan fingerprint density at radius 3 is 2.81 bits per heavy atom. The van der Waals surface area contributed by atoms with Gasteiger partial charge in [-0.1, -0.05) is 0 Å². The normalized spacial score (nSPS) is 17.7. The SMILES string of the molecule is Cc1sc(NC(=O)NCCC2CCCO2)c(C(=O)O)c1C. The third-order valence-electron chi connectivity index (χ3n) is 3.60.